The third kappa shape index (κ3) is 4.32. The lowest BCUT2D eigenvalue weighted by Gasteiger charge is -2.60. The fourth-order valence-corrected chi connectivity index (χ4v) is 6.62. The molecule has 4 aliphatic heterocycles. The van der Waals surface area contributed by atoms with Crippen molar-refractivity contribution in [1.29, 1.82) is 0 Å². The lowest BCUT2D eigenvalue weighted by atomic mass is 9.58. The molecule has 1 spiro atoms. The monoisotopic (exact) mass is 505 g/mol. The van der Waals surface area contributed by atoms with Crippen molar-refractivity contribution < 1.29 is 38.4 Å². The van der Waals surface area contributed by atoms with E-state index in [2.05, 4.69) is 13.8 Å². The van der Waals surface area contributed by atoms with E-state index in [9.17, 15) is 14.9 Å². The van der Waals surface area contributed by atoms with Crippen LogP contribution in [0.2, 0.25) is 0 Å². The van der Waals surface area contributed by atoms with Crippen molar-refractivity contribution in [3.8, 4) is 0 Å². The molecule has 4 heterocycles. The third-order valence-corrected chi connectivity index (χ3v) is 8.53. The molecule has 4 saturated heterocycles. The number of esters is 1. The van der Waals surface area contributed by atoms with Crippen molar-refractivity contribution in [3.63, 3.8) is 0 Å². The highest BCUT2D eigenvalue weighted by Gasteiger charge is 2.69. The maximum atomic E-state index is 12.4. The minimum Gasteiger partial charge on any atom is -0.466 e. The molecule has 0 N–H and O–H groups in total. The van der Waals surface area contributed by atoms with E-state index in [0.29, 0.717) is 17.9 Å². The van der Waals surface area contributed by atoms with Crippen LogP contribution in [0.15, 0.2) is 24.3 Å². The van der Waals surface area contributed by atoms with Gasteiger partial charge in [0.15, 0.2) is 18.2 Å². The van der Waals surface area contributed by atoms with Crippen LogP contribution in [0.4, 0.5) is 5.69 Å². The van der Waals surface area contributed by atoms with Gasteiger partial charge < -0.3 is 18.9 Å². The number of fused-ring (bicyclic) bond motifs is 2. The zero-order valence-electron chi connectivity index (χ0n) is 21.2. The molecule has 198 valence electrons. The van der Waals surface area contributed by atoms with Gasteiger partial charge in [-0.3, -0.25) is 14.9 Å². The smallest absolute Gasteiger partial charge is 0.308 e. The molecule has 6 rings (SSSR count). The van der Waals surface area contributed by atoms with Gasteiger partial charge in [0.1, 0.15) is 0 Å². The van der Waals surface area contributed by atoms with Gasteiger partial charge in [-0.1, -0.05) is 13.8 Å². The lowest BCUT2D eigenvalue weighted by molar-refractivity contribution is -0.578. The summed E-state index contributed by atoms with van der Waals surface area (Å²) in [6.45, 7) is 8.20. The quantitative estimate of drug-likeness (QED) is 0.223. The first-order valence-corrected chi connectivity index (χ1v) is 12.9. The molecule has 0 amide bonds. The van der Waals surface area contributed by atoms with E-state index >= 15 is 0 Å². The molecule has 0 unspecified atom stereocenters. The predicted molar refractivity (Wildman–Crippen MR) is 125 cm³/mol. The second kappa shape index (κ2) is 9.64. The van der Waals surface area contributed by atoms with E-state index < -0.39 is 41.0 Å². The van der Waals surface area contributed by atoms with Gasteiger partial charge in [-0.2, -0.15) is 0 Å². The fourth-order valence-electron chi connectivity index (χ4n) is 6.62. The van der Waals surface area contributed by atoms with Crippen LogP contribution in [0.3, 0.4) is 0 Å². The molecule has 0 aromatic heterocycles. The first-order chi connectivity index (χ1) is 17.2. The number of carbonyl (C=O) groups excluding carboxylic acids is 1. The van der Waals surface area contributed by atoms with Gasteiger partial charge in [-0.25, -0.2) is 9.78 Å². The number of ether oxygens (including phenoxy) is 4. The van der Waals surface area contributed by atoms with E-state index in [0.717, 1.165) is 19.3 Å². The van der Waals surface area contributed by atoms with Crippen molar-refractivity contribution in [1.82, 2.24) is 0 Å². The van der Waals surface area contributed by atoms with Crippen LogP contribution < -0.4 is 0 Å². The molecular weight excluding hydrogens is 470 g/mol. The van der Waals surface area contributed by atoms with Gasteiger partial charge in [0.25, 0.3) is 5.69 Å². The minimum absolute atomic E-state index is 0.0338. The van der Waals surface area contributed by atoms with Gasteiger partial charge in [0, 0.05) is 30.4 Å². The van der Waals surface area contributed by atoms with E-state index in [4.69, 9.17) is 28.7 Å². The Bertz CT molecular complexity index is 986. The molecule has 1 aromatic carbocycles. The summed E-state index contributed by atoms with van der Waals surface area (Å²) in [7, 11) is 0. The molecule has 5 fully saturated rings. The topological polar surface area (TPSA) is 116 Å². The Morgan fingerprint density at radius 2 is 1.92 bits per heavy atom. The Balaban J connectivity index is 1.43. The Kier molecular flexibility index (Phi) is 6.84. The fraction of sp³-hybridized carbons (Fsp3) is 0.731. The van der Waals surface area contributed by atoms with E-state index in [1.165, 1.54) is 12.1 Å². The first-order valence-electron chi connectivity index (χ1n) is 12.9. The summed E-state index contributed by atoms with van der Waals surface area (Å²) in [6, 6.07) is 6.03. The summed E-state index contributed by atoms with van der Waals surface area (Å²) in [4.78, 5) is 35.2. The molecule has 1 saturated carbocycles. The Morgan fingerprint density at radius 1 is 1.17 bits per heavy atom. The van der Waals surface area contributed by atoms with E-state index in [1.54, 1.807) is 19.1 Å². The normalized spacial score (nSPS) is 40.1. The summed E-state index contributed by atoms with van der Waals surface area (Å²) >= 11 is 0. The number of benzene rings is 1. The largest absolute Gasteiger partial charge is 0.466 e. The van der Waals surface area contributed by atoms with Crippen LogP contribution in [-0.4, -0.2) is 41.5 Å². The standard InChI is InChI=1S/C26H35NO9/c1-5-31-22(28)14-21(17-7-9-18(10-8-17)27(29)30)32-23-16(3)20-11-6-15(2)19-12-13-25(4)34-24(33-23)26(19,20)36-35-25/h7-10,15-16,19-21,23-24H,5-6,11-14H2,1-4H3/t15-,16-,19+,20+,21-,23+,24-,25-,26-/m1/s1. The molecule has 36 heavy (non-hydrogen) atoms. The van der Waals surface area contributed by atoms with Gasteiger partial charge in [0.05, 0.1) is 24.1 Å². The van der Waals surface area contributed by atoms with Gasteiger partial charge in [-0.05, 0) is 62.6 Å². The van der Waals surface area contributed by atoms with E-state index in [1.807, 2.05) is 6.92 Å². The number of nitro groups is 1. The number of rotatable bonds is 7. The summed E-state index contributed by atoms with van der Waals surface area (Å²) < 4.78 is 24.5. The van der Waals surface area contributed by atoms with Crippen LogP contribution in [0, 0.1) is 33.8 Å². The molecule has 10 heteroatoms. The van der Waals surface area contributed by atoms with Crippen molar-refractivity contribution in [3.05, 3.63) is 39.9 Å². The number of carbonyl (C=O) groups is 1. The highest BCUT2D eigenvalue weighted by molar-refractivity contribution is 5.70. The predicted octanol–water partition coefficient (Wildman–Crippen LogP) is 4.81. The first kappa shape index (κ1) is 25.5. The van der Waals surface area contributed by atoms with Crippen molar-refractivity contribution >= 4 is 11.7 Å². The summed E-state index contributed by atoms with van der Waals surface area (Å²) in [6.07, 6.45) is 1.53. The maximum Gasteiger partial charge on any atom is 0.308 e. The van der Waals surface area contributed by atoms with Gasteiger partial charge >= 0.3 is 5.97 Å². The van der Waals surface area contributed by atoms with Gasteiger partial charge in [0.2, 0.25) is 5.79 Å². The van der Waals surface area contributed by atoms with Crippen molar-refractivity contribution in [2.24, 2.45) is 23.7 Å². The second-order valence-corrected chi connectivity index (χ2v) is 10.8. The van der Waals surface area contributed by atoms with Crippen molar-refractivity contribution in [2.45, 2.75) is 89.9 Å². The maximum absolute atomic E-state index is 12.4. The van der Waals surface area contributed by atoms with Crippen molar-refractivity contribution in [2.75, 3.05) is 6.61 Å². The van der Waals surface area contributed by atoms with Crippen LogP contribution in [0.25, 0.3) is 0 Å². The number of hydrogen-bond donors (Lipinski definition) is 0. The van der Waals surface area contributed by atoms with Crippen LogP contribution in [0.5, 0.6) is 0 Å². The Labute approximate surface area is 210 Å². The average molecular weight is 506 g/mol. The summed E-state index contributed by atoms with van der Waals surface area (Å²) in [5, 5.41) is 11.1. The second-order valence-electron chi connectivity index (χ2n) is 10.8. The molecule has 10 nitrogen and oxygen atoms in total. The molecule has 1 aliphatic carbocycles. The summed E-state index contributed by atoms with van der Waals surface area (Å²) in [5.74, 6) is -0.633. The zero-order valence-corrected chi connectivity index (χ0v) is 21.2. The zero-order chi connectivity index (χ0) is 25.7. The van der Waals surface area contributed by atoms with Crippen LogP contribution >= 0.6 is 0 Å². The number of nitrogens with zero attached hydrogens (tertiary/aromatic N) is 1. The summed E-state index contributed by atoms with van der Waals surface area (Å²) in [5.41, 5.74) is -0.111. The Morgan fingerprint density at radius 3 is 2.61 bits per heavy atom. The molecule has 1 aromatic rings. The molecule has 2 bridgehead atoms. The third-order valence-electron chi connectivity index (χ3n) is 8.53. The minimum atomic E-state index is -0.897. The Hall–Kier alpha value is -2.11. The molecular formula is C26H35NO9. The van der Waals surface area contributed by atoms with E-state index in [-0.39, 0.29) is 36.5 Å². The lowest BCUT2D eigenvalue weighted by Crippen LogP contribution is -2.70. The van der Waals surface area contributed by atoms with Crippen LogP contribution in [0.1, 0.15) is 71.5 Å². The SMILES string of the molecule is CCOC(=O)C[C@@H](O[C@H]1O[C@@H]2O[C@@]3(C)CC[C@H]4[C@H](C)CC[C@@H]([C@H]1C)[C@@]24OO3)c1ccc([N+](=O)[O-])cc1. The number of hydrogen-bond acceptors (Lipinski definition) is 9. The molecule has 5 aliphatic rings. The molecule has 9 atom stereocenters. The van der Waals surface area contributed by atoms with Crippen LogP contribution in [-0.2, 0) is 33.5 Å². The average Bonchev–Trinajstić information content (AvgIpc) is 3.08. The highest BCUT2D eigenvalue weighted by Crippen LogP contribution is 2.60. The highest BCUT2D eigenvalue weighted by atomic mass is 17.3. The number of non-ortho nitro benzene ring substituents is 1. The van der Waals surface area contributed by atoms with Gasteiger partial charge in [-0.15, -0.1) is 0 Å². The number of nitro benzene ring substituents is 1. The molecule has 0 radical (unpaired) electrons.